The second-order valence-electron chi connectivity index (χ2n) is 3.25. The highest BCUT2D eigenvalue weighted by molar-refractivity contribution is 6.17. The van der Waals surface area contributed by atoms with Crippen molar-refractivity contribution >= 4 is 17.5 Å². The summed E-state index contributed by atoms with van der Waals surface area (Å²) in [6.45, 7) is 0.660. The van der Waals surface area contributed by atoms with E-state index in [1.807, 2.05) is 18.3 Å². The average Bonchev–Trinajstić information content (AvgIpc) is 2.28. The fourth-order valence-corrected chi connectivity index (χ4v) is 1.34. The van der Waals surface area contributed by atoms with Crippen LogP contribution in [0.2, 0.25) is 0 Å². The predicted octanol–water partition coefficient (Wildman–Crippen LogP) is 1.76. The number of hydrogen-bond acceptors (Lipinski definition) is 2. The van der Waals surface area contributed by atoms with Gasteiger partial charge in [-0.25, -0.2) is 0 Å². The van der Waals surface area contributed by atoms with E-state index in [4.69, 9.17) is 11.6 Å². The first-order valence-corrected chi connectivity index (χ1v) is 5.58. The molecule has 0 saturated carbocycles. The zero-order chi connectivity index (χ0) is 10.9. The van der Waals surface area contributed by atoms with Crippen LogP contribution in [0.1, 0.15) is 18.4 Å². The standard InChI is InChI=1S/C11H15ClN2O/c12-6-1-4-11(15)14-8-5-10-3-2-7-13-9-10/h2-3,7,9H,1,4-6,8H2,(H,14,15). The lowest BCUT2D eigenvalue weighted by molar-refractivity contribution is -0.121. The van der Waals surface area contributed by atoms with E-state index in [0.717, 1.165) is 18.4 Å². The Labute approximate surface area is 94.9 Å². The van der Waals surface area contributed by atoms with E-state index in [-0.39, 0.29) is 5.91 Å². The van der Waals surface area contributed by atoms with Crippen LogP contribution in [0.3, 0.4) is 0 Å². The highest BCUT2D eigenvalue weighted by Crippen LogP contribution is 1.96. The van der Waals surface area contributed by atoms with Gasteiger partial charge in [0.05, 0.1) is 0 Å². The lowest BCUT2D eigenvalue weighted by Gasteiger charge is -2.03. The number of nitrogens with one attached hydrogen (secondary N) is 1. The Morgan fingerprint density at radius 1 is 1.53 bits per heavy atom. The van der Waals surface area contributed by atoms with Gasteiger partial charge in [0.25, 0.3) is 0 Å². The first-order valence-electron chi connectivity index (χ1n) is 5.04. The average molecular weight is 227 g/mol. The molecule has 0 spiro atoms. The number of amides is 1. The summed E-state index contributed by atoms with van der Waals surface area (Å²) in [6.07, 6.45) is 5.62. The number of alkyl halides is 1. The van der Waals surface area contributed by atoms with E-state index < -0.39 is 0 Å². The molecule has 0 radical (unpaired) electrons. The molecule has 15 heavy (non-hydrogen) atoms. The van der Waals surface area contributed by atoms with Gasteiger partial charge < -0.3 is 5.32 Å². The smallest absolute Gasteiger partial charge is 0.220 e. The fraction of sp³-hybridized carbons (Fsp3) is 0.455. The molecular formula is C11H15ClN2O. The van der Waals surface area contributed by atoms with Crippen molar-refractivity contribution in [3.63, 3.8) is 0 Å². The molecule has 1 rings (SSSR count). The Morgan fingerprint density at radius 3 is 3.07 bits per heavy atom. The molecule has 1 amide bonds. The van der Waals surface area contributed by atoms with Crippen LogP contribution in [0.15, 0.2) is 24.5 Å². The maximum Gasteiger partial charge on any atom is 0.220 e. The molecule has 1 aromatic heterocycles. The zero-order valence-corrected chi connectivity index (χ0v) is 9.33. The van der Waals surface area contributed by atoms with E-state index in [1.165, 1.54) is 0 Å². The Balaban J connectivity index is 2.14. The minimum absolute atomic E-state index is 0.0690. The second-order valence-corrected chi connectivity index (χ2v) is 3.63. The van der Waals surface area contributed by atoms with E-state index in [2.05, 4.69) is 10.3 Å². The summed E-state index contributed by atoms with van der Waals surface area (Å²) in [6, 6.07) is 3.89. The molecule has 82 valence electrons. The van der Waals surface area contributed by atoms with Crippen molar-refractivity contribution in [1.29, 1.82) is 0 Å². The van der Waals surface area contributed by atoms with Crippen molar-refractivity contribution < 1.29 is 4.79 Å². The fourth-order valence-electron chi connectivity index (χ4n) is 1.21. The summed E-state index contributed by atoms with van der Waals surface area (Å²) in [7, 11) is 0. The normalized spacial score (nSPS) is 9.93. The van der Waals surface area contributed by atoms with Crippen molar-refractivity contribution in [3.05, 3.63) is 30.1 Å². The first kappa shape index (κ1) is 12.0. The molecule has 0 fully saturated rings. The molecule has 0 unspecified atom stereocenters. The topological polar surface area (TPSA) is 42.0 Å². The molecule has 3 nitrogen and oxygen atoms in total. The van der Waals surface area contributed by atoms with Crippen LogP contribution in [-0.2, 0) is 11.2 Å². The first-order chi connectivity index (χ1) is 7.33. The molecule has 0 aliphatic rings. The number of carbonyl (C=O) groups is 1. The number of nitrogens with zero attached hydrogens (tertiary/aromatic N) is 1. The molecule has 0 atom stereocenters. The van der Waals surface area contributed by atoms with Gasteiger partial charge in [-0.1, -0.05) is 6.07 Å². The van der Waals surface area contributed by atoms with Gasteiger partial charge in [0.1, 0.15) is 0 Å². The van der Waals surface area contributed by atoms with E-state index in [1.54, 1.807) is 6.20 Å². The highest BCUT2D eigenvalue weighted by atomic mass is 35.5. The molecule has 1 heterocycles. The Kier molecular flexibility index (Phi) is 5.78. The molecule has 0 saturated heterocycles. The Bertz CT molecular complexity index is 290. The lowest BCUT2D eigenvalue weighted by Crippen LogP contribution is -2.25. The third-order valence-corrected chi connectivity index (χ3v) is 2.26. The van der Waals surface area contributed by atoms with E-state index in [9.17, 15) is 4.79 Å². The van der Waals surface area contributed by atoms with Crippen molar-refractivity contribution in [3.8, 4) is 0 Å². The van der Waals surface area contributed by atoms with Crippen LogP contribution >= 0.6 is 11.6 Å². The van der Waals surface area contributed by atoms with Gasteiger partial charge in [0.2, 0.25) is 5.91 Å². The number of pyridine rings is 1. The third-order valence-electron chi connectivity index (χ3n) is 2.00. The van der Waals surface area contributed by atoms with Crippen LogP contribution in [-0.4, -0.2) is 23.3 Å². The highest BCUT2D eigenvalue weighted by Gasteiger charge is 1.99. The van der Waals surface area contributed by atoms with Gasteiger partial charge >= 0.3 is 0 Å². The maximum absolute atomic E-state index is 11.2. The van der Waals surface area contributed by atoms with Gasteiger partial charge in [-0.15, -0.1) is 11.6 Å². The van der Waals surface area contributed by atoms with Crippen molar-refractivity contribution in [2.45, 2.75) is 19.3 Å². The molecule has 0 aliphatic heterocycles. The van der Waals surface area contributed by atoms with Gasteiger partial charge in [0.15, 0.2) is 0 Å². The molecule has 1 aromatic rings. The van der Waals surface area contributed by atoms with Gasteiger partial charge in [-0.2, -0.15) is 0 Å². The quantitative estimate of drug-likeness (QED) is 0.752. The minimum atomic E-state index is 0.0690. The minimum Gasteiger partial charge on any atom is -0.356 e. The summed E-state index contributed by atoms with van der Waals surface area (Å²) in [5, 5.41) is 2.84. The molecule has 0 aromatic carbocycles. The maximum atomic E-state index is 11.2. The number of rotatable bonds is 6. The van der Waals surface area contributed by atoms with Gasteiger partial charge in [0, 0.05) is 31.2 Å². The largest absolute Gasteiger partial charge is 0.356 e. The van der Waals surface area contributed by atoms with Crippen LogP contribution < -0.4 is 5.32 Å². The van der Waals surface area contributed by atoms with Crippen molar-refractivity contribution in [2.24, 2.45) is 0 Å². The molecule has 1 N–H and O–H groups in total. The van der Waals surface area contributed by atoms with Crippen LogP contribution in [0, 0.1) is 0 Å². The monoisotopic (exact) mass is 226 g/mol. The second kappa shape index (κ2) is 7.23. The van der Waals surface area contributed by atoms with E-state index >= 15 is 0 Å². The van der Waals surface area contributed by atoms with Crippen LogP contribution in [0.25, 0.3) is 0 Å². The number of aromatic nitrogens is 1. The summed E-state index contributed by atoms with van der Waals surface area (Å²) < 4.78 is 0. The molecule has 4 heteroatoms. The molecular weight excluding hydrogens is 212 g/mol. The molecule has 0 aliphatic carbocycles. The number of hydrogen-bond donors (Lipinski definition) is 1. The van der Waals surface area contributed by atoms with Crippen molar-refractivity contribution in [2.75, 3.05) is 12.4 Å². The third kappa shape index (κ3) is 5.37. The van der Waals surface area contributed by atoms with Crippen LogP contribution in [0.4, 0.5) is 0 Å². The lowest BCUT2D eigenvalue weighted by atomic mass is 10.2. The number of halogens is 1. The van der Waals surface area contributed by atoms with Crippen LogP contribution in [0.5, 0.6) is 0 Å². The summed E-state index contributed by atoms with van der Waals surface area (Å²) >= 11 is 5.49. The Hall–Kier alpha value is -1.09. The van der Waals surface area contributed by atoms with Crippen molar-refractivity contribution in [1.82, 2.24) is 10.3 Å². The summed E-state index contributed by atoms with van der Waals surface area (Å²) in [5.74, 6) is 0.607. The summed E-state index contributed by atoms with van der Waals surface area (Å²) in [5.41, 5.74) is 1.13. The Morgan fingerprint density at radius 2 is 2.40 bits per heavy atom. The molecule has 0 bridgehead atoms. The summed E-state index contributed by atoms with van der Waals surface area (Å²) in [4.78, 5) is 15.2. The predicted molar refractivity (Wildman–Crippen MR) is 60.9 cm³/mol. The van der Waals surface area contributed by atoms with E-state index in [0.29, 0.717) is 18.8 Å². The van der Waals surface area contributed by atoms with Gasteiger partial charge in [-0.05, 0) is 24.5 Å². The SMILES string of the molecule is O=C(CCCCl)NCCc1cccnc1. The zero-order valence-electron chi connectivity index (χ0n) is 8.58. The number of carbonyl (C=O) groups excluding carboxylic acids is 1. The van der Waals surface area contributed by atoms with Gasteiger partial charge in [-0.3, -0.25) is 9.78 Å².